The van der Waals surface area contributed by atoms with E-state index in [1.54, 1.807) is 6.92 Å². The first-order chi connectivity index (χ1) is 7.29. The van der Waals surface area contributed by atoms with E-state index in [1.807, 2.05) is 20.8 Å². The lowest BCUT2D eigenvalue weighted by Gasteiger charge is -2.29. The van der Waals surface area contributed by atoms with Crippen LogP contribution in [0.1, 0.15) is 53.4 Å². The van der Waals surface area contributed by atoms with Gasteiger partial charge >= 0.3 is 5.97 Å². The lowest BCUT2D eigenvalue weighted by atomic mass is 9.79. The number of ether oxygens (including phenoxy) is 1. The molecule has 0 aliphatic heterocycles. The van der Waals surface area contributed by atoms with Crippen LogP contribution in [0.4, 0.5) is 0 Å². The standard InChI is InChI=1S/C13H22O3/c1-9(14)10-6-5-7-11(8-10)12(15)16-13(2,3)4/h10-11H,5-8H2,1-4H3. The van der Waals surface area contributed by atoms with Gasteiger partial charge in [-0.2, -0.15) is 0 Å². The molecule has 0 saturated heterocycles. The van der Waals surface area contributed by atoms with E-state index in [1.165, 1.54) is 0 Å². The number of Topliss-reactive ketones (excluding diaryl/α,β-unsaturated/α-hetero) is 1. The summed E-state index contributed by atoms with van der Waals surface area (Å²) in [5.41, 5.74) is -0.430. The van der Waals surface area contributed by atoms with Crippen LogP contribution in [0, 0.1) is 11.8 Å². The summed E-state index contributed by atoms with van der Waals surface area (Å²) in [5.74, 6) is 0.0415. The lowest BCUT2D eigenvalue weighted by Crippen LogP contribution is -2.32. The summed E-state index contributed by atoms with van der Waals surface area (Å²) < 4.78 is 5.36. The quantitative estimate of drug-likeness (QED) is 0.680. The molecular weight excluding hydrogens is 204 g/mol. The number of carbonyl (C=O) groups is 2. The number of esters is 1. The first kappa shape index (κ1) is 13.2. The summed E-state index contributed by atoms with van der Waals surface area (Å²) in [4.78, 5) is 23.1. The highest BCUT2D eigenvalue weighted by Crippen LogP contribution is 2.31. The second-order valence-electron chi connectivity index (χ2n) is 5.70. The van der Waals surface area contributed by atoms with Crippen LogP contribution in [-0.2, 0) is 14.3 Å². The first-order valence-corrected chi connectivity index (χ1v) is 6.03. The molecule has 92 valence electrons. The molecule has 0 radical (unpaired) electrons. The molecule has 0 aromatic carbocycles. The normalized spacial score (nSPS) is 26.2. The first-order valence-electron chi connectivity index (χ1n) is 6.03. The van der Waals surface area contributed by atoms with Gasteiger partial charge in [0.1, 0.15) is 11.4 Å². The minimum absolute atomic E-state index is 0.0614. The highest BCUT2D eigenvalue weighted by molar-refractivity contribution is 5.80. The molecule has 1 aliphatic rings. The molecule has 0 amide bonds. The second-order valence-corrected chi connectivity index (χ2v) is 5.70. The molecule has 16 heavy (non-hydrogen) atoms. The molecule has 0 bridgehead atoms. The van der Waals surface area contributed by atoms with Gasteiger partial charge in [-0.15, -0.1) is 0 Å². The molecule has 0 N–H and O–H groups in total. The Morgan fingerprint density at radius 2 is 1.69 bits per heavy atom. The van der Waals surface area contributed by atoms with E-state index < -0.39 is 5.60 Å². The van der Waals surface area contributed by atoms with Gasteiger partial charge in [0.2, 0.25) is 0 Å². The van der Waals surface area contributed by atoms with Gasteiger partial charge in [0.05, 0.1) is 5.92 Å². The monoisotopic (exact) mass is 226 g/mol. The zero-order chi connectivity index (χ0) is 12.3. The molecule has 1 saturated carbocycles. The maximum atomic E-state index is 11.8. The summed E-state index contributed by atoms with van der Waals surface area (Å²) in [6.07, 6.45) is 3.41. The van der Waals surface area contributed by atoms with Crippen LogP contribution in [0.3, 0.4) is 0 Å². The Bertz CT molecular complexity index is 275. The summed E-state index contributed by atoms with van der Waals surface area (Å²) in [5, 5.41) is 0. The van der Waals surface area contributed by atoms with E-state index in [0.717, 1.165) is 19.3 Å². The van der Waals surface area contributed by atoms with Crippen molar-refractivity contribution in [1.29, 1.82) is 0 Å². The maximum absolute atomic E-state index is 11.8. The maximum Gasteiger partial charge on any atom is 0.309 e. The van der Waals surface area contributed by atoms with Crippen LogP contribution in [0.15, 0.2) is 0 Å². The topological polar surface area (TPSA) is 43.4 Å². The third-order valence-corrected chi connectivity index (χ3v) is 2.99. The Labute approximate surface area is 97.5 Å². The highest BCUT2D eigenvalue weighted by atomic mass is 16.6. The average molecular weight is 226 g/mol. The molecule has 2 atom stereocenters. The molecule has 0 heterocycles. The molecule has 0 aromatic heterocycles. The van der Waals surface area contributed by atoms with E-state index in [2.05, 4.69) is 0 Å². The molecular formula is C13H22O3. The van der Waals surface area contributed by atoms with Gasteiger partial charge in [0.25, 0.3) is 0 Å². The fourth-order valence-electron chi connectivity index (χ4n) is 2.16. The predicted molar refractivity (Wildman–Crippen MR) is 62.0 cm³/mol. The van der Waals surface area contributed by atoms with Gasteiger partial charge in [-0.25, -0.2) is 0 Å². The van der Waals surface area contributed by atoms with Crippen LogP contribution >= 0.6 is 0 Å². The number of hydrogen-bond acceptors (Lipinski definition) is 3. The molecule has 1 aliphatic carbocycles. The molecule has 0 aromatic rings. The number of hydrogen-bond donors (Lipinski definition) is 0. The largest absolute Gasteiger partial charge is 0.460 e. The van der Waals surface area contributed by atoms with Gasteiger partial charge in [-0.05, 0) is 47.0 Å². The van der Waals surface area contributed by atoms with Crippen molar-refractivity contribution in [2.24, 2.45) is 11.8 Å². The Hall–Kier alpha value is -0.860. The zero-order valence-corrected chi connectivity index (χ0v) is 10.7. The van der Waals surface area contributed by atoms with Crippen LogP contribution in [-0.4, -0.2) is 17.4 Å². The molecule has 3 nitrogen and oxygen atoms in total. The van der Waals surface area contributed by atoms with Crippen molar-refractivity contribution in [1.82, 2.24) is 0 Å². The van der Waals surface area contributed by atoms with E-state index in [4.69, 9.17) is 4.74 Å². The summed E-state index contributed by atoms with van der Waals surface area (Å²) in [7, 11) is 0. The fraction of sp³-hybridized carbons (Fsp3) is 0.846. The van der Waals surface area contributed by atoms with Crippen molar-refractivity contribution in [2.75, 3.05) is 0 Å². The van der Waals surface area contributed by atoms with Crippen molar-refractivity contribution < 1.29 is 14.3 Å². The van der Waals surface area contributed by atoms with Gasteiger partial charge in [0, 0.05) is 5.92 Å². The Morgan fingerprint density at radius 1 is 1.12 bits per heavy atom. The number of carbonyl (C=O) groups excluding carboxylic acids is 2. The van der Waals surface area contributed by atoms with Crippen molar-refractivity contribution in [3.8, 4) is 0 Å². The van der Waals surface area contributed by atoms with E-state index in [0.29, 0.717) is 6.42 Å². The van der Waals surface area contributed by atoms with Gasteiger partial charge in [-0.3, -0.25) is 9.59 Å². The third-order valence-electron chi connectivity index (χ3n) is 2.99. The van der Waals surface area contributed by atoms with Crippen molar-refractivity contribution in [3.63, 3.8) is 0 Å². The van der Waals surface area contributed by atoms with E-state index >= 15 is 0 Å². The van der Waals surface area contributed by atoms with Gasteiger partial charge in [0.15, 0.2) is 0 Å². The van der Waals surface area contributed by atoms with E-state index in [9.17, 15) is 9.59 Å². The second kappa shape index (κ2) is 4.98. The van der Waals surface area contributed by atoms with E-state index in [-0.39, 0.29) is 23.6 Å². The molecule has 1 rings (SSSR count). The SMILES string of the molecule is CC(=O)C1CCCC(C(=O)OC(C)(C)C)C1. The summed E-state index contributed by atoms with van der Waals surface area (Å²) >= 11 is 0. The van der Waals surface area contributed by atoms with Crippen LogP contribution in [0.5, 0.6) is 0 Å². The average Bonchev–Trinajstić information content (AvgIpc) is 2.15. The number of rotatable bonds is 2. The Morgan fingerprint density at radius 3 is 2.19 bits per heavy atom. The number of ketones is 1. The predicted octanol–water partition coefficient (Wildman–Crippen LogP) is 2.72. The lowest BCUT2D eigenvalue weighted by molar-refractivity contribution is -0.161. The van der Waals surface area contributed by atoms with Crippen LogP contribution in [0.2, 0.25) is 0 Å². The van der Waals surface area contributed by atoms with Gasteiger partial charge < -0.3 is 4.74 Å². The minimum atomic E-state index is -0.430. The van der Waals surface area contributed by atoms with Gasteiger partial charge in [-0.1, -0.05) is 6.42 Å². The highest BCUT2D eigenvalue weighted by Gasteiger charge is 2.32. The third kappa shape index (κ3) is 3.95. The van der Waals surface area contributed by atoms with Crippen molar-refractivity contribution >= 4 is 11.8 Å². The molecule has 3 heteroatoms. The van der Waals surface area contributed by atoms with Crippen molar-refractivity contribution in [3.05, 3.63) is 0 Å². The minimum Gasteiger partial charge on any atom is -0.460 e. The molecule has 0 spiro atoms. The summed E-state index contributed by atoms with van der Waals surface area (Å²) in [6.45, 7) is 7.23. The van der Waals surface area contributed by atoms with Crippen molar-refractivity contribution in [2.45, 2.75) is 59.0 Å². The smallest absolute Gasteiger partial charge is 0.309 e. The Balaban J connectivity index is 2.54. The Kier molecular flexibility index (Phi) is 4.11. The van der Waals surface area contributed by atoms with Crippen LogP contribution in [0.25, 0.3) is 0 Å². The zero-order valence-electron chi connectivity index (χ0n) is 10.7. The molecule has 1 fully saturated rings. The summed E-state index contributed by atoms with van der Waals surface area (Å²) in [6, 6.07) is 0. The fourth-order valence-corrected chi connectivity index (χ4v) is 2.16. The van der Waals surface area contributed by atoms with Crippen LogP contribution < -0.4 is 0 Å². The molecule has 2 unspecified atom stereocenters.